The molecule has 0 bridgehead atoms. The van der Waals surface area contributed by atoms with Crippen LogP contribution in [-0.4, -0.2) is 23.3 Å². The van der Waals surface area contributed by atoms with E-state index in [1.54, 1.807) is 24.3 Å². The second kappa shape index (κ2) is 4.45. The lowest BCUT2D eigenvalue weighted by Crippen LogP contribution is -2.16. The van der Waals surface area contributed by atoms with Crippen molar-refractivity contribution in [1.82, 2.24) is 0 Å². The fraction of sp³-hybridized carbons (Fsp3) is 0.417. The minimum Gasteiger partial charge on any atom is -0.459 e. The monoisotopic (exact) mass is 206 g/mol. The van der Waals surface area contributed by atoms with E-state index in [9.17, 15) is 9.90 Å². The quantitative estimate of drug-likeness (QED) is 0.750. The van der Waals surface area contributed by atoms with Crippen LogP contribution in [0.5, 0.6) is 0 Å². The third-order valence-electron chi connectivity index (χ3n) is 2.64. The fourth-order valence-corrected chi connectivity index (χ4v) is 1.82. The standard InChI is InChI=1S/C12H14O3/c13-10-6-7-11(8-10)15-12(14)9-4-2-1-3-5-9/h1-5,10-11,13H,6-8H2/t10-,11-/m1/s1. The van der Waals surface area contributed by atoms with E-state index in [-0.39, 0.29) is 18.2 Å². The fourth-order valence-electron chi connectivity index (χ4n) is 1.82. The molecule has 1 fully saturated rings. The van der Waals surface area contributed by atoms with Crippen LogP contribution in [0.1, 0.15) is 29.6 Å². The SMILES string of the molecule is O=C(O[C@@H]1CC[C@@H](O)C1)c1ccccc1. The van der Waals surface area contributed by atoms with Crippen LogP contribution in [0.2, 0.25) is 0 Å². The Labute approximate surface area is 88.7 Å². The Kier molecular flexibility index (Phi) is 3.02. The lowest BCUT2D eigenvalue weighted by Gasteiger charge is -2.11. The Bertz CT molecular complexity index is 334. The Hall–Kier alpha value is -1.35. The maximum absolute atomic E-state index is 11.6. The molecule has 0 spiro atoms. The average molecular weight is 206 g/mol. The second-order valence-corrected chi connectivity index (χ2v) is 3.86. The molecule has 1 aromatic carbocycles. The summed E-state index contributed by atoms with van der Waals surface area (Å²) in [6.07, 6.45) is 1.64. The number of hydrogen-bond acceptors (Lipinski definition) is 3. The van der Waals surface area contributed by atoms with Gasteiger partial charge >= 0.3 is 5.97 Å². The number of carbonyl (C=O) groups excluding carboxylic acids is 1. The van der Waals surface area contributed by atoms with E-state index in [1.807, 2.05) is 6.07 Å². The van der Waals surface area contributed by atoms with Crippen LogP contribution in [0.25, 0.3) is 0 Å². The highest BCUT2D eigenvalue weighted by Gasteiger charge is 2.26. The number of rotatable bonds is 2. The van der Waals surface area contributed by atoms with Crippen molar-refractivity contribution in [2.24, 2.45) is 0 Å². The van der Waals surface area contributed by atoms with Crippen LogP contribution in [0, 0.1) is 0 Å². The van der Waals surface area contributed by atoms with Crippen molar-refractivity contribution < 1.29 is 14.6 Å². The van der Waals surface area contributed by atoms with Crippen molar-refractivity contribution >= 4 is 5.97 Å². The summed E-state index contributed by atoms with van der Waals surface area (Å²) in [6, 6.07) is 8.93. The largest absolute Gasteiger partial charge is 0.459 e. The van der Waals surface area contributed by atoms with Crippen molar-refractivity contribution in [3.63, 3.8) is 0 Å². The first-order valence-corrected chi connectivity index (χ1v) is 5.20. The van der Waals surface area contributed by atoms with Gasteiger partial charge in [-0.05, 0) is 25.0 Å². The highest BCUT2D eigenvalue weighted by Crippen LogP contribution is 2.22. The van der Waals surface area contributed by atoms with Gasteiger partial charge in [0.25, 0.3) is 0 Å². The molecule has 0 unspecified atom stereocenters. The van der Waals surface area contributed by atoms with Crippen LogP contribution in [0.3, 0.4) is 0 Å². The van der Waals surface area contributed by atoms with Gasteiger partial charge in [0.1, 0.15) is 6.10 Å². The van der Waals surface area contributed by atoms with Crippen molar-refractivity contribution in [2.45, 2.75) is 31.5 Å². The number of ether oxygens (including phenoxy) is 1. The smallest absolute Gasteiger partial charge is 0.338 e. The molecule has 0 heterocycles. The molecule has 80 valence electrons. The van der Waals surface area contributed by atoms with Gasteiger partial charge in [-0.2, -0.15) is 0 Å². The molecule has 15 heavy (non-hydrogen) atoms. The van der Waals surface area contributed by atoms with Gasteiger partial charge in [0.2, 0.25) is 0 Å². The van der Waals surface area contributed by atoms with E-state index in [4.69, 9.17) is 4.74 Å². The Balaban J connectivity index is 1.93. The third-order valence-corrected chi connectivity index (χ3v) is 2.64. The van der Waals surface area contributed by atoms with Crippen molar-refractivity contribution in [2.75, 3.05) is 0 Å². The van der Waals surface area contributed by atoms with Gasteiger partial charge in [0.05, 0.1) is 11.7 Å². The van der Waals surface area contributed by atoms with Gasteiger partial charge in [0.15, 0.2) is 0 Å². The minimum atomic E-state index is -0.307. The molecule has 1 aliphatic carbocycles. The summed E-state index contributed by atoms with van der Waals surface area (Å²) in [5.74, 6) is -0.297. The number of hydrogen-bond donors (Lipinski definition) is 1. The molecule has 0 aromatic heterocycles. The molecule has 3 heteroatoms. The lowest BCUT2D eigenvalue weighted by molar-refractivity contribution is 0.0287. The normalized spacial score (nSPS) is 25.1. The van der Waals surface area contributed by atoms with Gasteiger partial charge in [-0.25, -0.2) is 4.79 Å². The summed E-state index contributed by atoms with van der Waals surface area (Å²) in [6.45, 7) is 0. The molecule has 2 rings (SSSR count). The van der Waals surface area contributed by atoms with Crippen molar-refractivity contribution in [3.05, 3.63) is 35.9 Å². The van der Waals surface area contributed by atoms with Crippen LogP contribution < -0.4 is 0 Å². The number of aliphatic hydroxyl groups is 1. The van der Waals surface area contributed by atoms with Gasteiger partial charge in [0, 0.05) is 6.42 Å². The number of benzene rings is 1. The van der Waals surface area contributed by atoms with Gasteiger partial charge < -0.3 is 9.84 Å². The zero-order valence-corrected chi connectivity index (χ0v) is 8.43. The van der Waals surface area contributed by atoms with Crippen molar-refractivity contribution in [1.29, 1.82) is 0 Å². The molecule has 1 aliphatic rings. The van der Waals surface area contributed by atoms with E-state index in [0.717, 1.165) is 12.8 Å². The van der Waals surface area contributed by atoms with Crippen LogP contribution in [-0.2, 0) is 4.74 Å². The predicted molar refractivity (Wildman–Crippen MR) is 55.5 cm³/mol. The first-order valence-electron chi connectivity index (χ1n) is 5.20. The number of aliphatic hydroxyl groups excluding tert-OH is 1. The summed E-state index contributed by atoms with van der Waals surface area (Å²) in [5, 5.41) is 9.29. The zero-order chi connectivity index (χ0) is 10.7. The molecule has 1 N–H and O–H groups in total. The van der Waals surface area contributed by atoms with E-state index < -0.39 is 0 Å². The molecule has 0 amide bonds. The average Bonchev–Trinajstić information content (AvgIpc) is 2.65. The lowest BCUT2D eigenvalue weighted by atomic mass is 10.2. The maximum atomic E-state index is 11.6. The molecule has 0 saturated heterocycles. The van der Waals surface area contributed by atoms with E-state index in [1.165, 1.54) is 0 Å². The first-order chi connectivity index (χ1) is 7.25. The van der Waals surface area contributed by atoms with E-state index in [2.05, 4.69) is 0 Å². The molecule has 0 aliphatic heterocycles. The van der Waals surface area contributed by atoms with E-state index >= 15 is 0 Å². The number of esters is 1. The Morgan fingerprint density at radius 1 is 1.27 bits per heavy atom. The maximum Gasteiger partial charge on any atom is 0.338 e. The molecular formula is C12H14O3. The summed E-state index contributed by atoms with van der Waals surface area (Å²) in [7, 11) is 0. The summed E-state index contributed by atoms with van der Waals surface area (Å²) in [5.41, 5.74) is 0.568. The number of carbonyl (C=O) groups is 1. The van der Waals surface area contributed by atoms with Crippen molar-refractivity contribution in [3.8, 4) is 0 Å². The Morgan fingerprint density at radius 2 is 2.00 bits per heavy atom. The topological polar surface area (TPSA) is 46.5 Å². The Morgan fingerprint density at radius 3 is 2.60 bits per heavy atom. The summed E-state index contributed by atoms with van der Waals surface area (Å²) < 4.78 is 5.27. The molecule has 1 saturated carbocycles. The van der Waals surface area contributed by atoms with E-state index in [0.29, 0.717) is 12.0 Å². The minimum absolute atomic E-state index is 0.118. The van der Waals surface area contributed by atoms with Gasteiger partial charge in [-0.3, -0.25) is 0 Å². The highest BCUT2D eigenvalue weighted by atomic mass is 16.5. The molecule has 1 aromatic rings. The predicted octanol–water partition coefficient (Wildman–Crippen LogP) is 1.76. The summed E-state index contributed by atoms with van der Waals surface area (Å²) >= 11 is 0. The third kappa shape index (κ3) is 2.57. The highest BCUT2D eigenvalue weighted by molar-refractivity contribution is 5.89. The van der Waals surface area contributed by atoms with Gasteiger partial charge in [-0.15, -0.1) is 0 Å². The van der Waals surface area contributed by atoms with Crippen LogP contribution in [0.15, 0.2) is 30.3 Å². The van der Waals surface area contributed by atoms with Crippen LogP contribution >= 0.6 is 0 Å². The molecule has 2 atom stereocenters. The molecule has 0 radical (unpaired) electrons. The zero-order valence-electron chi connectivity index (χ0n) is 8.43. The van der Waals surface area contributed by atoms with Gasteiger partial charge in [-0.1, -0.05) is 18.2 Å². The molecular weight excluding hydrogens is 192 g/mol. The second-order valence-electron chi connectivity index (χ2n) is 3.86. The van der Waals surface area contributed by atoms with Crippen LogP contribution in [0.4, 0.5) is 0 Å². The molecule has 3 nitrogen and oxygen atoms in total. The first kappa shape index (κ1) is 10.2. The summed E-state index contributed by atoms with van der Waals surface area (Å²) in [4.78, 5) is 11.6.